The first-order valence-electron chi connectivity index (χ1n) is 6.12. The zero-order chi connectivity index (χ0) is 13.7. The molecule has 0 atom stereocenters. The molecule has 3 nitrogen and oxygen atoms in total. The van der Waals surface area contributed by atoms with Crippen LogP contribution in [0.2, 0.25) is 5.02 Å². The van der Waals surface area contributed by atoms with Crippen molar-refractivity contribution in [2.45, 2.75) is 36.5 Å². The van der Waals surface area contributed by atoms with E-state index in [0.717, 1.165) is 27.2 Å². The summed E-state index contributed by atoms with van der Waals surface area (Å²) in [6, 6.07) is 8.30. The highest BCUT2D eigenvalue weighted by Gasteiger charge is 2.05. The Kier molecular flexibility index (Phi) is 5.19. The van der Waals surface area contributed by atoms with Gasteiger partial charge in [-0.25, -0.2) is 9.97 Å². The SMILES string of the molecule is CC(C)NCc1ccc(Sc2ncccn2)cc1Cl. The van der Waals surface area contributed by atoms with E-state index in [1.54, 1.807) is 18.5 Å². The highest BCUT2D eigenvalue weighted by Crippen LogP contribution is 2.28. The third-order valence-electron chi connectivity index (χ3n) is 2.48. The van der Waals surface area contributed by atoms with Gasteiger partial charge in [-0.05, 0) is 35.5 Å². The van der Waals surface area contributed by atoms with Gasteiger partial charge in [0.2, 0.25) is 0 Å². The summed E-state index contributed by atoms with van der Waals surface area (Å²) in [6.07, 6.45) is 3.47. The Labute approximate surface area is 122 Å². The molecular formula is C14H16ClN3S. The Morgan fingerprint density at radius 3 is 2.63 bits per heavy atom. The summed E-state index contributed by atoms with van der Waals surface area (Å²) < 4.78 is 0. The minimum absolute atomic E-state index is 0.447. The molecule has 2 aromatic rings. The lowest BCUT2D eigenvalue weighted by atomic mass is 10.2. The van der Waals surface area contributed by atoms with Gasteiger partial charge in [0.15, 0.2) is 5.16 Å². The van der Waals surface area contributed by atoms with Crippen molar-refractivity contribution >= 4 is 23.4 Å². The molecule has 0 fully saturated rings. The first-order chi connectivity index (χ1) is 9.15. The Morgan fingerprint density at radius 2 is 2.00 bits per heavy atom. The van der Waals surface area contributed by atoms with Crippen molar-refractivity contribution in [1.82, 2.24) is 15.3 Å². The van der Waals surface area contributed by atoms with E-state index in [2.05, 4.69) is 29.1 Å². The molecule has 5 heteroatoms. The fourth-order valence-corrected chi connectivity index (χ4v) is 2.56. The van der Waals surface area contributed by atoms with Crippen molar-refractivity contribution in [3.63, 3.8) is 0 Å². The van der Waals surface area contributed by atoms with Gasteiger partial charge in [0.05, 0.1) is 0 Å². The number of nitrogens with one attached hydrogen (secondary N) is 1. The van der Waals surface area contributed by atoms with E-state index in [1.165, 1.54) is 11.8 Å². The lowest BCUT2D eigenvalue weighted by Gasteiger charge is -2.10. The minimum Gasteiger partial charge on any atom is -0.310 e. The number of hydrogen-bond acceptors (Lipinski definition) is 4. The highest BCUT2D eigenvalue weighted by molar-refractivity contribution is 7.99. The van der Waals surface area contributed by atoms with Crippen LogP contribution in [0.5, 0.6) is 0 Å². The van der Waals surface area contributed by atoms with Gasteiger partial charge in [-0.2, -0.15) is 0 Å². The van der Waals surface area contributed by atoms with Crippen LogP contribution in [0, 0.1) is 0 Å². The molecule has 0 spiro atoms. The third kappa shape index (κ3) is 4.49. The second-order valence-corrected chi connectivity index (χ2v) is 5.87. The molecule has 0 saturated carbocycles. The zero-order valence-electron chi connectivity index (χ0n) is 10.9. The largest absolute Gasteiger partial charge is 0.310 e. The van der Waals surface area contributed by atoms with E-state index in [-0.39, 0.29) is 0 Å². The quantitative estimate of drug-likeness (QED) is 0.852. The standard InChI is InChI=1S/C14H16ClN3S/c1-10(2)18-9-11-4-5-12(8-13(11)15)19-14-16-6-3-7-17-14/h3-8,10,18H,9H2,1-2H3. The fourth-order valence-electron chi connectivity index (χ4n) is 1.49. The first-order valence-corrected chi connectivity index (χ1v) is 7.31. The zero-order valence-corrected chi connectivity index (χ0v) is 12.5. The molecule has 0 aliphatic rings. The van der Waals surface area contributed by atoms with Crippen molar-refractivity contribution in [3.8, 4) is 0 Å². The Hall–Kier alpha value is -1.10. The first kappa shape index (κ1) is 14.3. The number of halogens is 1. The van der Waals surface area contributed by atoms with E-state index in [4.69, 9.17) is 11.6 Å². The van der Waals surface area contributed by atoms with Crippen molar-refractivity contribution in [3.05, 3.63) is 47.2 Å². The lowest BCUT2D eigenvalue weighted by molar-refractivity contribution is 0.589. The van der Waals surface area contributed by atoms with Gasteiger partial charge in [-0.1, -0.05) is 31.5 Å². The molecule has 0 bridgehead atoms. The van der Waals surface area contributed by atoms with Crippen molar-refractivity contribution < 1.29 is 0 Å². The molecular weight excluding hydrogens is 278 g/mol. The van der Waals surface area contributed by atoms with Gasteiger partial charge in [-0.3, -0.25) is 0 Å². The van der Waals surface area contributed by atoms with Gasteiger partial charge >= 0.3 is 0 Å². The van der Waals surface area contributed by atoms with Crippen LogP contribution in [0.4, 0.5) is 0 Å². The maximum Gasteiger partial charge on any atom is 0.192 e. The maximum absolute atomic E-state index is 6.28. The molecule has 1 N–H and O–H groups in total. The molecule has 0 radical (unpaired) electrons. The van der Waals surface area contributed by atoms with Gasteiger partial charge in [-0.15, -0.1) is 0 Å². The number of nitrogens with zero attached hydrogens (tertiary/aromatic N) is 2. The summed E-state index contributed by atoms with van der Waals surface area (Å²) in [5, 5.41) is 4.86. The molecule has 1 heterocycles. The van der Waals surface area contributed by atoms with E-state index < -0.39 is 0 Å². The summed E-state index contributed by atoms with van der Waals surface area (Å²) in [5.41, 5.74) is 1.11. The van der Waals surface area contributed by atoms with Crippen molar-refractivity contribution in [2.24, 2.45) is 0 Å². The summed E-state index contributed by atoms with van der Waals surface area (Å²) in [5.74, 6) is 0. The summed E-state index contributed by atoms with van der Waals surface area (Å²) >= 11 is 7.79. The lowest BCUT2D eigenvalue weighted by Crippen LogP contribution is -2.21. The van der Waals surface area contributed by atoms with Gasteiger partial charge in [0.25, 0.3) is 0 Å². The molecule has 100 valence electrons. The van der Waals surface area contributed by atoms with Gasteiger partial charge in [0, 0.05) is 34.9 Å². The minimum atomic E-state index is 0.447. The normalized spacial score (nSPS) is 10.9. The van der Waals surface area contributed by atoms with Crippen LogP contribution in [-0.2, 0) is 6.54 Å². The second kappa shape index (κ2) is 6.89. The van der Waals surface area contributed by atoms with E-state index in [9.17, 15) is 0 Å². The van der Waals surface area contributed by atoms with E-state index in [0.29, 0.717) is 6.04 Å². The molecule has 19 heavy (non-hydrogen) atoms. The van der Waals surface area contributed by atoms with E-state index in [1.807, 2.05) is 18.2 Å². The summed E-state index contributed by atoms with van der Waals surface area (Å²) in [7, 11) is 0. The molecule has 1 aromatic carbocycles. The highest BCUT2D eigenvalue weighted by atomic mass is 35.5. The van der Waals surface area contributed by atoms with Crippen molar-refractivity contribution in [2.75, 3.05) is 0 Å². The van der Waals surface area contributed by atoms with E-state index >= 15 is 0 Å². The smallest absolute Gasteiger partial charge is 0.192 e. The Balaban J connectivity index is 2.06. The van der Waals surface area contributed by atoms with Crippen LogP contribution in [0.25, 0.3) is 0 Å². The van der Waals surface area contributed by atoms with Crippen molar-refractivity contribution in [1.29, 1.82) is 0 Å². The predicted octanol–water partition coefficient (Wildman–Crippen LogP) is 3.78. The molecule has 0 aliphatic heterocycles. The fraction of sp³-hybridized carbons (Fsp3) is 0.286. The number of aromatic nitrogens is 2. The number of rotatable bonds is 5. The van der Waals surface area contributed by atoms with Crippen LogP contribution < -0.4 is 5.32 Å². The van der Waals surface area contributed by atoms with Crippen LogP contribution >= 0.6 is 23.4 Å². The van der Waals surface area contributed by atoms with Crippen LogP contribution in [0.3, 0.4) is 0 Å². The number of benzene rings is 1. The molecule has 0 amide bonds. The molecule has 0 aliphatic carbocycles. The molecule has 2 rings (SSSR count). The van der Waals surface area contributed by atoms with Crippen LogP contribution in [0.1, 0.15) is 19.4 Å². The average Bonchev–Trinajstić information content (AvgIpc) is 2.39. The Morgan fingerprint density at radius 1 is 1.26 bits per heavy atom. The number of hydrogen-bond donors (Lipinski definition) is 1. The molecule has 0 saturated heterocycles. The topological polar surface area (TPSA) is 37.8 Å². The summed E-state index contributed by atoms with van der Waals surface area (Å²) in [4.78, 5) is 9.41. The van der Waals surface area contributed by atoms with Gasteiger partial charge < -0.3 is 5.32 Å². The second-order valence-electron chi connectivity index (χ2n) is 4.42. The van der Waals surface area contributed by atoms with Gasteiger partial charge in [0.1, 0.15) is 0 Å². The van der Waals surface area contributed by atoms with Crippen LogP contribution in [-0.4, -0.2) is 16.0 Å². The monoisotopic (exact) mass is 293 g/mol. The maximum atomic E-state index is 6.28. The summed E-state index contributed by atoms with van der Waals surface area (Å²) in [6.45, 7) is 5.01. The molecule has 1 aromatic heterocycles. The molecule has 0 unspecified atom stereocenters. The third-order valence-corrected chi connectivity index (χ3v) is 3.71. The average molecular weight is 294 g/mol. The predicted molar refractivity (Wildman–Crippen MR) is 79.6 cm³/mol. The Bertz CT molecular complexity index is 531. The van der Waals surface area contributed by atoms with Crippen LogP contribution in [0.15, 0.2) is 46.7 Å².